The predicted octanol–water partition coefficient (Wildman–Crippen LogP) is 3.86. The zero-order valence-corrected chi connectivity index (χ0v) is 15.3. The molecule has 0 aliphatic rings. The van der Waals surface area contributed by atoms with E-state index in [1.54, 1.807) is 62.5 Å². The largest absolute Gasteiger partial charge is 0.481 e. The molecule has 0 aromatic heterocycles. The summed E-state index contributed by atoms with van der Waals surface area (Å²) in [5.41, 5.74) is 0.612. The lowest BCUT2D eigenvalue weighted by Gasteiger charge is -2.21. The summed E-state index contributed by atoms with van der Waals surface area (Å²) in [6.45, 7) is 1.54. The van der Waals surface area contributed by atoms with Gasteiger partial charge in [0.1, 0.15) is 5.75 Å². The highest BCUT2D eigenvalue weighted by atomic mass is 35.5. The topological polar surface area (TPSA) is 58.6 Å². The Kier molecular flexibility index (Phi) is 6.67. The molecule has 0 bridgehead atoms. The average Bonchev–Trinajstić information content (AvgIpc) is 2.58. The molecule has 0 heterocycles. The Morgan fingerprint density at radius 1 is 1.04 bits per heavy atom. The Bertz CT molecular complexity index is 733. The fourth-order valence-corrected chi connectivity index (χ4v) is 2.36. The molecule has 2 aromatic rings. The number of anilines is 1. The number of rotatable bonds is 6. The third kappa shape index (κ3) is 5.96. The second kappa shape index (κ2) is 8.74. The minimum atomic E-state index is -0.727. The summed E-state index contributed by atoms with van der Waals surface area (Å²) >= 11 is 11.6. The lowest BCUT2D eigenvalue weighted by atomic mass is 10.3. The highest BCUT2D eigenvalue weighted by Crippen LogP contribution is 2.17. The molecule has 2 rings (SSSR count). The Balaban J connectivity index is 1.86. The predicted molar refractivity (Wildman–Crippen MR) is 99.3 cm³/mol. The standard InChI is InChI=1S/C18H18Cl2N2O3/c1-12(25-16-9-5-14(20)6-10-16)18(24)22(2)11-17(23)21-15-7-3-13(19)4-8-15/h3-10,12H,11H2,1-2H3,(H,21,23)/t12-/m0/s1. The Morgan fingerprint density at radius 3 is 2.12 bits per heavy atom. The van der Waals surface area contributed by atoms with Crippen molar-refractivity contribution in [3.8, 4) is 5.75 Å². The normalized spacial score (nSPS) is 11.5. The van der Waals surface area contributed by atoms with E-state index in [1.807, 2.05) is 0 Å². The number of carbonyl (C=O) groups is 2. The fourth-order valence-electron chi connectivity index (χ4n) is 2.11. The van der Waals surface area contributed by atoms with Gasteiger partial charge in [0.2, 0.25) is 5.91 Å². The first-order valence-corrected chi connectivity index (χ1v) is 8.33. The number of nitrogens with zero attached hydrogens (tertiary/aromatic N) is 1. The van der Waals surface area contributed by atoms with Gasteiger partial charge in [0.15, 0.2) is 6.10 Å². The summed E-state index contributed by atoms with van der Waals surface area (Å²) in [4.78, 5) is 25.7. The summed E-state index contributed by atoms with van der Waals surface area (Å²) in [6, 6.07) is 13.4. The molecule has 5 nitrogen and oxygen atoms in total. The second-order valence-electron chi connectivity index (χ2n) is 5.46. The molecule has 0 radical (unpaired) electrons. The van der Waals surface area contributed by atoms with Gasteiger partial charge >= 0.3 is 0 Å². The maximum Gasteiger partial charge on any atom is 0.263 e. The number of carbonyl (C=O) groups excluding carboxylic acids is 2. The van der Waals surface area contributed by atoms with Crippen LogP contribution in [0.4, 0.5) is 5.69 Å². The maximum absolute atomic E-state index is 12.3. The van der Waals surface area contributed by atoms with Crippen molar-refractivity contribution in [3.05, 3.63) is 58.6 Å². The number of amides is 2. The van der Waals surface area contributed by atoms with Crippen LogP contribution in [0.3, 0.4) is 0 Å². The van der Waals surface area contributed by atoms with Crippen molar-refractivity contribution in [1.29, 1.82) is 0 Å². The van der Waals surface area contributed by atoms with E-state index in [1.165, 1.54) is 4.90 Å². The first-order valence-electron chi connectivity index (χ1n) is 7.58. The van der Waals surface area contributed by atoms with Crippen LogP contribution in [0.2, 0.25) is 10.0 Å². The first kappa shape index (κ1) is 19.1. The van der Waals surface area contributed by atoms with Gasteiger partial charge in [0, 0.05) is 22.8 Å². The van der Waals surface area contributed by atoms with E-state index in [0.29, 0.717) is 21.5 Å². The molecule has 1 atom stereocenters. The van der Waals surface area contributed by atoms with E-state index in [9.17, 15) is 9.59 Å². The number of ether oxygens (including phenoxy) is 1. The summed E-state index contributed by atoms with van der Waals surface area (Å²) in [5.74, 6) is -0.0812. The van der Waals surface area contributed by atoms with Gasteiger partial charge in [0.25, 0.3) is 5.91 Å². The molecule has 0 aliphatic heterocycles. The van der Waals surface area contributed by atoms with Crippen molar-refractivity contribution in [2.75, 3.05) is 18.9 Å². The lowest BCUT2D eigenvalue weighted by molar-refractivity contribution is -0.139. The monoisotopic (exact) mass is 380 g/mol. The van der Waals surface area contributed by atoms with E-state index in [-0.39, 0.29) is 18.4 Å². The number of hydrogen-bond acceptors (Lipinski definition) is 3. The van der Waals surface area contributed by atoms with E-state index in [4.69, 9.17) is 27.9 Å². The summed E-state index contributed by atoms with van der Waals surface area (Å²) in [6.07, 6.45) is -0.727. The summed E-state index contributed by atoms with van der Waals surface area (Å²) in [7, 11) is 1.55. The molecule has 0 spiro atoms. The van der Waals surface area contributed by atoms with Crippen molar-refractivity contribution in [2.24, 2.45) is 0 Å². The second-order valence-corrected chi connectivity index (χ2v) is 6.34. The van der Waals surface area contributed by atoms with Crippen molar-refractivity contribution in [2.45, 2.75) is 13.0 Å². The Morgan fingerprint density at radius 2 is 1.56 bits per heavy atom. The van der Waals surface area contributed by atoms with Crippen LogP contribution < -0.4 is 10.1 Å². The number of likely N-dealkylation sites (N-methyl/N-ethyl adjacent to an activating group) is 1. The molecule has 132 valence electrons. The van der Waals surface area contributed by atoms with Crippen molar-refractivity contribution in [1.82, 2.24) is 4.90 Å². The van der Waals surface area contributed by atoms with Crippen LogP contribution in [0.1, 0.15) is 6.92 Å². The van der Waals surface area contributed by atoms with Crippen LogP contribution in [-0.4, -0.2) is 36.4 Å². The molecule has 0 saturated heterocycles. The summed E-state index contributed by atoms with van der Waals surface area (Å²) < 4.78 is 5.57. The Labute approximate surface area is 156 Å². The van der Waals surface area contributed by atoms with Crippen molar-refractivity contribution < 1.29 is 14.3 Å². The molecular weight excluding hydrogens is 363 g/mol. The van der Waals surface area contributed by atoms with Crippen LogP contribution in [0.25, 0.3) is 0 Å². The third-order valence-electron chi connectivity index (χ3n) is 3.36. The van der Waals surface area contributed by atoms with Gasteiger partial charge in [-0.3, -0.25) is 9.59 Å². The quantitative estimate of drug-likeness (QED) is 0.827. The highest BCUT2D eigenvalue weighted by molar-refractivity contribution is 6.30. The molecule has 0 unspecified atom stereocenters. The molecule has 25 heavy (non-hydrogen) atoms. The molecule has 0 saturated carbocycles. The lowest BCUT2D eigenvalue weighted by Crippen LogP contribution is -2.41. The molecule has 0 fully saturated rings. The molecule has 0 aliphatic carbocycles. The van der Waals surface area contributed by atoms with Gasteiger partial charge in [-0.05, 0) is 55.5 Å². The maximum atomic E-state index is 12.3. The van der Waals surface area contributed by atoms with E-state index in [2.05, 4.69) is 5.32 Å². The molecule has 7 heteroatoms. The number of nitrogens with one attached hydrogen (secondary N) is 1. The van der Waals surface area contributed by atoms with Gasteiger partial charge in [0.05, 0.1) is 6.54 Å². The smallest absolute Gasteiger partial charge is 0.263 e. The van der Waals surface area contributed by atoms with Crippen LogP contribution in [0, 0.1) is 0 Å². The van der Waals surface area contributed by atoms with E-state index >= 15 is 0 Å². The summed E-state index contributed by atoms with van der Waals surface area (Å²) in [5, 5.41) is 3.87. The third-order valence-corrected chi connectivity index (χ3v) is 3.86. The van der Waals surface area contributed by atoms with Crippen LogP contribution in [-0.2, 0) is 9.59 Å². The van der Waals surface area contributed by atoms with Gasteiger partial charge in [-0.2, -0.15) is 0 Å². The van der Waals surface area contributed by atoms with Gasteiger partial charge in [-0.1, -0.05) is 23.2 Å². The zero-order chi connectivity index (χ0) is 18.4. The average molecular weight is 381 g/mol. The van der Waals surface area contributed by atoms with Crippen LogP contribution in [0.5, 0.6) is 5.75 Å². The SMILES string of the molecule is C[C@H](Oc1ccc(Cl)cc1)C(=O)N(C)CC(=O)Nc1ccc(Cl)cc1. The Hall–Kier alpha value is -2.24. The molecule has 2 aromatic carbocycles. The van der Waals surface area contributed by atoms with Crippen molar-refractivity contribution in [3.63, 3.8) is 0 Å². The van der Waals surface area contributed by atoms with Crippen LogP contribution in [0.15, 0.2) is 48.5 Å². The van der Waals surface area contributed by atoms with Gasteiger partial charge in [-0.25, -0.2) is 0 Å². The van der Waals surface area contributed by atoms with E-state index < -0.39 is 6.10 Å². The van der Waals surface area contributed by atoms with Gasteiger partial charge < -0.3 is 15.0 Å². The number of halogens is 2. The fraction of sp³-hybridized carbons (Fsp3) is 0.222. The number of benzene rings is 2. The minimum absolute atomic E-state index is 0.0875. The van der Waals surface area contributed by atoms with Gasteiger partial charge in [-0.15, -0.1) is 0 Å². The highest BCUT2D eigenvalue weighted by Gasteiger charge is 2.21. The molecule has 1 N–H and O–H groups in total. The van der Waals surface area contributed by atoms with Crippen molar-refractivity contribution >= 4 is 40.7 Å². The molecular formula is C18H18Cl2N2O3. The zero-order valence-electron chi connectivity index (χ0n) is 13.8. The van der Waals surface area contributed by atoms with E-state index in [0.717, 1.165) is 0 Å². The van der Waals surface area contributed by atoms with Crippen LogP contribution >= 0.6 is 23.2 Å². The first-order chi connectivity index (χ1) is 11.8. The molecule has 2 amide bonds. The number of hydrogen-bond donors (Lipinski definition) is 1. The minimum Gasteiger partial charge on any atom is -0.481 e.